The first-order valence-electron chi connectivity index (χ1n) is 6.75. The van der Waals surface area contributed by atoms with Gasteiger partial charge in [-0.1, -0.05) is 30.3 Å². The minimum absolute atomic E-state index is 0.513. The van der Waals surface area contributed by atoms with E-state index in [9.17, 15) is 0 Å². The predicted molar refractivity (Wildman–Crippen MR) is 69.2 cm³/mol. The molecule has 1 saturated carbocycles. The highest BCUT2D eigenvalue weighted by Gasteiger charge is 2.43. The third-order valence-electron chi connectivity index (χ3n) is 4.25. The molecule has 0 bridgehead atoms. The second kappa shape index (κ2) is 4.79. The maximum Gasteiger partial charge on any atom is 0.0594 e. The molecule has 17 heavy (non-hydrogen) atoms. The van der Waals surface area contributed by atoms with Gasteiger partial charge in [-0.05, 0) is 36.8 Å². The number of hydrogen-bond acceptors (Lipinski definition) is 2. The largest absolute Gasteiger partial charge is 0.379 e. The first-order valence-corrected chi connectivity index (χ1v) is 6.75. The summed E-state index contributed by atoms with van der Waals surface area (Å²) in [5.41, 5.74) is 2.06. The Morgan fingerprint density at radius 2 is 1.76 bits per heavy atom. The monoisotopic (exact) mass is 231 g/mol. The Morgan fingerprint density at radius 1 is 1.06 bits per heavy atom. The van der Waals surface area contributed by atoms with Crippen LogP contribution in [0.1, 0.15) is 24.8 Å². The summed E-state index contributed by atoms with van der Waals surface area (Å²) in [6.07, 6.45) is 4.07. The second-order valence-corrected chi connectivity index (χ2v) is 5.35. The van der Waals surface area contributed by atoms with E-state index in [-0.39, 0.29) is 0 Å². The van der Waals surface area contributed by atoms with Crippen molar-refractivity contribution in [2.45, 2.75) is 24.7 Å². The molecule has 1 aromatic carbocycles. The van der Waals surface area contributed by atoms with Gasteiger partial charge in [-0.2, -0.15) is 0 Å². The van der Waals surface area contributed by atoms with Crippen LogP contribution in [0.25, 0.3) is 0 Å². The summed E-state index contributed by atoms with van der Waals surface area (Å²) in [7, 11) is 0. The van der Waals surface area contributed by atoms with Crippen molar-refractivity contribution in [2.24, 2.45) is 0 Å². The molecular weight excluding hydrogens is 210 g/mol. The molecule has 2 heteroatoms. The van der Waals surface area contributed by atoms with Crippen molar-refractivity contribution in [1.82, 2.24) is 4.90 Å². The number of rotatable bonds is 4. The van der Waals surface area contributed by atoms with Crippen LogP contribution in [-0.2, 0) is 10.2 Å². The van der Waals surface area contributed by atoms with Crippen molar-refractivity contribution >= 4 is 0 Å². The second-order valence-electron chi connectivity index (χ2n) is 5.35. The molecule has 0 unspecified atom stereocenters. The molecule has 0 N–H and O–H groups in total. The van der Waals surface area contributed by atoms with Gasteiger partial charge in [0.2, 0.25) is 0 Å². The molecule has 1 aliphatic heterocycles. The van der Waals surface area contributed by atoms with Crippen LogP contribution >= 0.6 is 0 Å². The number of morpholine rings is 1. The van der Waals surface area contributed by atoms with Crippen LogP contribution in [0.4, 0.5) is 0 Å². The van der Waals surface area contributed by atoms with E-state index < -0.39 is 0 Å². The zero-order valence-corrected chi connectivity index (χ0v) is 10.4. The molecule has 0 spiro atoms. The van der Waals surface area contributed by atoms with Gasteiger partial charge in [0.15, 0.2) is 0 Å². The average molecular weight is 231 g/mol. The lowest BCUT2D eigenvalue weighted by Gasteiger charge is -2.28. The molecule has 2 nitrogen and oxygen atoms in total. The van der Waals surface area contributed by atoms with E-state index in [1.54, 1.807) is 5.56 Å². The quantitative estimate of drug-likeness (QED) is 0.789. The molecule has 1 aromatic rings. The number of ether oxygens (including phenoxy) is 1. The number of hydrogen-bond donors (Lipinski definition) is 0. The molecule has 1 aliphatic carbocycles. The summed E-state index contributed by atoms with van der Waals surface area (Å²) in [5, 5.41) is 0. The summed E-state index contributed by atoms with van der Waals surface area (Å²) >= 11 is 0. The standard InChI is InChI=1S/C15H21NO/c1-2-4-14(5-3-1)15(6-7-15)8-9-16-10-12-17-13-11-16/h1-5H,6-13H2. The van der Waals surface area contributed by atoms with E-state index in [1.807, 2.05) is 0 Å². The van der Waals surface area contributed by atoms with Crippen LogP contribution in [0, 0.1) is 0 Å². The van der Waals surface area contributed by atoms with E-state index >= 15 is 0 Å². The fraction of sp³-hybridized carbons (Fsp3) is 0.600. The van der Waals surface area contributed by atoms with E-state index in [0.29, 0.717) is 5.41 Å². The smallest absolute Gasteiger partial charge is 0.0594 e. The lowest BCUT2D eigenvalue weighted by atomic mass is 9.92. The lowest BCUT2D eigenvalue weighted by Crippen LogP contribution is -2.37. The highest BCUT2D eigenvalue weighted by molar-refractivity contribution is 5.30. The topological polar surface area (TPSA) is 12.5 Å². The van der Waals surface area contributed by atoms with Gasteiger partial charge in [0, 0.05) is 13.1 Å². The first-order chi connectivity index (χ1) is 8.39. The van der Waals surface area contributed by atoms with E-state index in [1.165, 1.54) is 25.8 Å². The Balaban J connectivity index is 1.57. The zero-order valence-electron chi connectivity index (χ0n) is 10.4. The minimum Gasteiger partial charge on any atom is -0.379 e. The molecule has 2 aliphatic rings. The molecule has 0 atom stereocenters. The van der Waals surface area contributed by atoms with Gasteiger partial charge >= 0.3 is 0 Å². The summed E-state index contributed by atoms with van der Waals surface area (Å²) in [4.78, 5) is 2.55. The predicted octanol–water partition coefficient (Wildman–Crippen LogP) is 2.44. The molecule has 92 valence electrons. The van der Waals surface area contributed by atoms with Crippen molar-refractivity contribution in [2.75, 3.05) is 32.8 Å². The molecule has 0 aromatic heterocycles. The SMILES string of the molecule is c1ccc(C2(CCN3CCOCC3)CC2)cc1. The highest BCUT2D eigenvalue weighted by atomic mass is 16.5. The number of benzene rings is 1. The van der Waals surface area contributed by atoms with Gasteiger partial charge in [0.25, 0.3) is 0 Å². The molecule has 3 rings (SSSR count). The summed E-state index contributed by atoms with van der Waals surface area (Å²) < 4.78 is 5.39. The molecule has 2 fully saturated rings. The maximum absolute atomic E-state index is 5.39. The van der Waals surface area contributed by atoms with Crippen molar-refractivity contribution in [3.05, 3.63) is 35.9 Å². The third-order valence-corrected chi connectivity index (χ3v) is 4.25. The van der Waals surface area contributed by atoms with Crippen LogP contribution in [-0.4, -0.2) is 37.7 Å². The Hall–Kier alpha value is -0.860. The lowest BCUT2D eigenvalue weighted by molar-refractivity contribution is 0.0362. The van der Waals surface area contributed by atoms with Gasteiger partial charge in [0.05, 0.1) is 13.2 Å². The Morgan fingerprint density at radius 3 is 2.41 bits per heavy atom. The minimum atomic E-state index is 0.513. The molecule has 1 heterocycles. The average Bonchev–Trinajstić information content (AvgIpc) is 3.20. The van der Waals surface area contributed by atoms with Gasteiger partial charge in [-0.15, -0.1) is 0 Å². The first kappa shape index (κ1) is 11.2. The van der Waals surface area contributed by atoms with Crippen molar-refractivity contribution in [3.8, 4) is 0 Å². The van der Waals surface area contributed by atoms with Crippen LogP contribution in [0.2, 0.25) is 0 Å². The summed E-state index contributed by atoms with van der Waals surface area (Å²) in [6, 6.07) is 11.1. The Bertz CT molecular complexity index is 352. The normalized spacial score (nSPS) is 23.5. The Kier molecular flexibility index (Phi) is 3.17. The molecule has 1 saturated heterocycles. The van der Waals surface area contributed by atoms with Crippen LogP contribution in [0.3, 0.4) is 0 Å². The maximum atomic E-state index is 5.39. The Labute approximate surface area is 104 Å². The van der Waals surface area contributed by atoms with Crippen molar-refractivity contribution < 1.29 is 4.74 Å². The van der Waals surface area contributed by atoms with E-state index in [2.05, 4.69) is 35.2 Å². The third kappa shape index (κ3) is 2.53. The van der Waals surface area contributed by atoms with Crippen molar-refractivity contribution in [1.29, 1.82) is 0 Å². The zero-order chi connectivity index (χ0) is 11.6. The van der Waals surface area contributed by atoms with Gasteiger partial charge in [-0.3, -0.25) is 4.90 Å². The van der Waals surface area contributed by atoms with Crippen LogP contribution in [0.15, 0.2) is 30.3 Å². The molecule has 0 radical (unpaired) electrons. The van der Waals surface area contributed by atoms with Gasteiger partial charge < -0.3 is 4.74 Å². The highest BCUT2D eigenvalue weighted by Crippen LogP contribution is 2.50. The van der Waals surface area contributed by atoms with Crippen LogP contribution < -0.4 is 0 Å². The van der Waals surface area contributed by atoms with E-state index in [0.717, 1.165) is 26.3 Å². The summed E-state index contributed by atoms with van der Waals surface area (Å²) in [5.74, 6) is 0. The van der Waals surface area contributed by atoms with Gasteiger partial charge in [0.1, 0.15) is 0 Å². The van der Waals surface area contributed by atoms with Gasteiger partial charge in [-0.25, -0.2) is 0 Å². The van der Waals surface area contributed by atoms with E-state index in [4.69, 9.17) is 4.74 Å². The fourth-order valence-electron chi connectivity index (χ4n) is 2.82. The molecular formula is C15H21NO. The van der Waals surface area contributed by atoms with Crippen LogP contribution in [0.5, 0.6) is 0 Å². The molecule has 0 amide bonds. The number of nitrogens with zero attached hydrogens (tertiary/aromatic N) is 1. The van der Waals surface area contributed by atoms with Crippen molar-refractivity contribution in [3.63, 3.8) is 0 Å². The summed E-state index contributed by atoms with van der Waals surface area (Å²) in [6.45, 7) is 5.30. The fourth-order valence-corrected chi connectivity index (χ4v) is 2.82.